The maximum absolute atomic E-state index is 12.2. The Morgan fingerprint density at radius 2 is 2.00 bits per heavy atom. The molecule has 19 heavy (non-hydrogen) atoms. The van der Waals surface area contributed by atoms with Gasteiger partial charge in [-0.25, -0.2) is 24.2 Å². The third kappa shape index (κ3) is 2.98. The summed E-state index contributed by atoms with van der Waals surface area (Å²) in [5.74, 6) is 5.76. The summed E-state index contributed by atoms with van der Waals surface area (Å²) < 4.78 is 26.8. The van der Waals surface area contributed by atoms with Gasteiger partial charge >= 0.3 is 0 Å². The predicted molar refractivity (Wildman–Crippen MR) is 71.8 cm³/mol. The lowest BCUT2D eigenvalue weighted by Gasteiger charge is -2.09. The zero-order chi connectivity index (χ0) is 13.9. The predicted octanol–water partition coefficient (Wildman–Crippen LogP) is 0.871. The van der Waals surface area contributed by atoms with Crippen molar-refractivity contribution in [2.75, 3.05) is 10.1 Å². The zero-order valence-electron chi connectivity index (χ0n) is 10.2. The van der Waals surface area contributed by atoms with Crippen LogP contribution in [0, 0.1) is 6.92 Å². The van der Waals surface area contributed by atoms with Crippen molar-refractivity contribution in [3.63, 3.8) is 0 Å². The Hall–Kier alpha value is -2.19. The molecular weight excluding hydrogens is 266 g/mol. The van der Waals surface area contributed by atoms with Gasteiger partial charge in [0.15, 0.2) is 0 Å². The number of rotatable bonds is 4. The Morgan fingerprint density at radius 3 is 2.68 bits per heavy atom. The molecule has 0 bridgehead atoms. The highest BCUT2D eigenvalue weighted by atomic mass is 32.2. The van der Waals surface area contributed by atoms with E-state index in [2.05, 4.69) is 20.1 Å². The standard InChI is InChI=1S/C11H13N5O2S/c1-8-3-2-5-14-11(8)16-19(17,18)9-4-6-13-10(7-9)15-12/h2-7H,12H2,1H3,(H,13,15)(H,14,16). The second kappa shape index (κ2) is 5.21. The van der Waals surface area contributed by atoms with Crippen LogP contribution in [0.15, 0.2) is 41.6 Å². The first kappa shape index (κ1) is 13.2. The first-order chi connectivity index (χ1) is 9.03. The van der Waals surface area contributed by atoms with E-state index in [0.717, 1.165) is 5.56 Å². The van der Waals surface area contributed by atoms with E-state index in [1.165, 1.54) is 24.5 Å². The van der Waals surface area contributed by atoms with E-state index >= 15 is 0 Å². The molecule has 100 valence electrons. The van der Waals surface area contributed by atoms with Crippen LogP contribution in [0.2, 0.25) is 0 Å². The number of sulfonamides is 1. The lowest BCUT2D eigenvalue weighted by atomic mass is 10.3. The van der Waals surface area contributed by atoms with Crippen molar-refractivity contribution in [3.8, 4) is 0 Å². The van der Waals surface area contributed by atoms with E-state index in [1.807, 2.05) is 0 Å². The number of hydrogen-bond donors (Lipinski definition) is 3. The third-order valence-electron chi connectivity index (χ3n) is 2.43. The van der Waals surface area contributed by atoms with E-state index < -0.39 is 10.0 Å². The van der Waals surface area contributed by atoms with Gasteiger partial charge in [0.1, 0.15) is 11.6 Å². The van der Waals surface area contributed by atoms with Gasteiger partial charge in [-0.2, -0.15) is 0 Å². The molecule has 0 aliphatic heterocycles. The highest BCUT2D eigenvalue weighted by molar-refractivity contribution is 7.92. The molecule has 7 nitrogen and oxygen atoms in total. The van der Waals surface area contributed by atoms with E-state index in [4.69, 9.17) is 5.84 Å². The smallest absolute Gasteiger partial charge is 0.263 e. The minimum Gasteiger partial charge on any atom is -0.308 e. The highest BCUT2D eigenvalue weighted by Gasteiger charge is 2.16. The van der Waals surface area contributed by atoms with Gasteiger partial charge < -0.3 is 5.43 Å². The fourth-order valence-corrected chi connectivity index (χ4v) is 2.53. The van der Waals surface area contributed by atoms with Gasteiger partial charge in [0.05, 0.1) is 4.90 Å². The molecule has 0 amide bonds. The van der Waals surface area contributed by atoms with Crippen molar-refractivity contribution >= 4 is 21.7 Å². The number of nitrogens with one attached hydrogen (secondary N) is 2. The average molecular weight is 279 g/mol. The number of anilines is 2. The zero-order valence-corrected chi connectivity index (χ0v) is 11.0. The minimum absolute atomic E-state index is 0.0560. The van der Waals surface area contributed by atoms with Crippen molar-refractivity contribution in [2.24, 2.45) is 5.84 Å². The summed E-state index contributed by atoms with van der Waals surface area (Å²) >= 11 is 0. The lowest BCUT2D eigenvalue weighted by molar-refractivity contribution is 0.601. The van der Waals surface area contributed by atoms with Gasteiger partial charge in [-0.1, -0.05) is 6.07 Å². The van der Waals surface area contributed by atoms with Crippen molar-refractivity contribution < 1.29 is 8.42 Å². The van der Waals surface area contributed by atoms with Crippen LogP contribution in [0.3, 0.4) is 0 Å². The van der Waals surface area contributed by atoms with Crippen LogP contribution >= 0.6 is 0 Å². The molecule has 0 aliphatic carbocycles. The topological polar surface area (TPSA) is 110 Å². The fraction of sp³-hybridized carbons (Fsp3) is 0.0909. The number of aromatic nitrogens is 2. The van der Waals surface area contributed by atoms with Crippen LogP contribution in [0.1, 0.15) is 5.56 Å². The number of nitrogens with zero attached hydrogens (tertiary/aromatic N) is 2. The third-order valence-corrected chi connectivity index (χ3v) is 3.77. The Bertz CT molecular complexity index is 687. The molecule has 0 spiro atoms. The number of nitrogen functional groups attached to an aromatic ring is 1. The van der Waals surface area contributed by atoms with Gasteiger partial charge in [-0.05, 0) is 24.6 Å². The van der Waals surface area contributed by atoms with Gasteiger partial charge in [-0.3, -0.25) is 4.72 Å². The number of aryl methyl sites for hydroxylation is 1. The van der Waals surface area contributed by atoms with Crippen LogP contribution in [0.25, 0.3) is 0 Å². The lowest BCUT2D eigenvalue weighted by Crippen LogP contribution is -2.16. The Kier molecular flexibility index (Phi) is 3.63. The molecule has 0 aromatic carbocycles. The molecule has 0 saturated heterocycles. The summed E-state index contributed by atoms with van der Waals surface area (Å²) in [7, 11) is -3.72. The van der Waals surface area contributed by atoms with Gasteiger partial charge in [-0.15, -0.1) is 0 Å². The van der Waals surface area contributed by atoms with Crippen molar-refractivity contribution in [3.05, 3.63) is 42.2 Å². The molecule has 8 heteroatoms. The van der Waals surface area contributed by atoms with E-state index in [9.17, 15) is 8.42 Å². The molecule has 0 saturated carbocycles. The number of hydrazine groups is 1. The summed E-state index contributed by atoms with van der Waals surface area (Å²) in [6.45, 7) is 1.77. The molecule has 0 fully saturated rings. The summed E-state index contributed by atoms with van der Waals surface area (Å²) in [5.41, 5.74) is 3.03. The van der Waals surface area contributed by atoms with Crippen LogP contribution < -0.4 is 16.0 Å². The van der Waals surface area contributed by atoms with E-state index in [-0.39, 0.29) is 10.7 Å². The van der Waals surface area contributed by atoms with Crippen LogP contribution in [-0.2, 0) is 10.0 Å². The van der Waals surface area contributed by atoms with Crippen molar-refractivity contribution in [1.82, 2.24) is 9.97 Å². The summed E-state index contributed by atoms with van der Waals surface area (Å²) in [6.07, 6.45) is 2.87. The molecular formula is C11H13N5O2S. The molecule has 4 N–H and O–H groups in total. The summed E-state index contributed by atoms with van der Waals surface area (Å²) in [4.78, 5) is 7.89. The Balaban J connectivity index is 2.35. The maximum Gasteiger partial charge on any atom is 0.263 e. The van der Waals surface area contributed by atoms with Crippen LogP contribution in [0.5, 0.6) is 0 Å². The monoisotopic (exact) mass is 279 g/mol. The SMILES string of the molecule is Cc1cccnc1NS(=O)(=O)c1ccnc(NN)c1. The molecule has 0 unspecified atom stereocenters. The Morgan fingerprint density at radius 1 is 1.21 bits per heavy atom. The quantitative estimate of drug-likeness (QED) is 0.566. The first-order valence-corrected chi connectivity index (χ1v) is 6.88. The first-order valence-electron chi connectivity index (χ1n) is 5.40. The maximum atomic E-state index is 12.2. The normalized spacial score (nSPS) is 11.1. The second-order valence-corrected chi connectivity index (χ2v) is 5.48. The van der Waals surface area contributed by atoms with E-state index in [0.29, 0.717) is 5.82 Å². The highest BCUT2D eigenvalue weighted by Crippen LogP contribution is 2.18. The molecule has 2 rings (SSSR count). The van der Waals surface area contributed by atoms with Crippen molar-refractivity contribution in [2.45, 2.75) is 11.8 Å². The van der Waals surface area contributed by atoms with E-state index in [1.54, 1.807) is 19.1 Å². The number of hydrogen-bond acceptors (Lipinski definition) is 6. The molecule has 2 heterocycles. The molecule has 2 aromatic heterocycles. The molecule has 2 aromatic rings. The van der Waals surface area contributed by atoms with Crippen LogP contribution in [-0.4, -0.2) is 18.4 Å². The molecule has 0 aliphatic rings. The average Bonchev–Trinajstić information content (AvgIpc) is 2.41. The molecule has 0 radical (unpaired) electrons. The Labute approximate surface area is 110 Å². The van der Waals surface area contributed by atoms with Gasteiger partial charge in [0.25, 0.3) is 10.0 Å². The second-order valence-electron chi connectivity index (χ2n) is 3.80. The summed E-state index contributed by atoms with van der Waals surface area (Å²) in [5, 5.41) is 0. The van der Waals surface area contributed by atoms with Crippen LogP contribution in [0.4, 0.5) is 11.6 Å². The largest absolute Gasteiger partial charge is 0.308 e. The van der Waals surface area contributed by atoms with Gasteiger partial charge in [0.2, 0.25) is 0 Å². The van der Waals surface area contributed by atoms with Gasteiger partial charge in [0, 0.05) is 18.5 Å². The molecule has 0 atom stereocenters. The summed E-state index contributed by atoms with van der Waals surface area (Å²) in [6, 6.07) is 6.21. The van der Waals surface area contributed by atoms with Crippen molar-refractivity contribution in [1.29, 1.82) is 0 Å². The number of pyridine rings is 2. The fourth-order valence-electron chi connectivity index (χ4n) is 1.44. The minimum atomic E-state index is -3.72. The number of nitrogens with two attached hydrogens (primary N) is 1.